The third-order valence-electron chi connectivity index (χ3n) is 2.84. The topological polar surface area (TPSA) is 67.8 Å². The molecule has 0 aliphatic heterocycles. The Bertz CT molecular complexity index is 658. The van der Waals surface area contributed by atoms with E-state index in [1.807, 2.05) is 26.8 Å². The molecule has 0 fully saturated rings. The molecule has 0 spiro atoms. The molecule has 0 bridgehead atoms. The molecule has 0 unspecified atom stereocenters. The minimum atomic E-state index is -0.191. The second-order valence-corrected chi connectivity index (χ2v) is 5.24. The Morgan fingerprint density at radius 3 is 2.70 bits per heavy atom. The van der Waals surface area contributed by atoms with Gasteiger partial charge in [0.2, 0.25) is 0 Å². The zero-order chi connectivity index (χ0) is 14.7. The van der Waals surface area contributed by atoms with Crippen molar-refractivity contribution in [3.05, 3.63) is 45.4 Å². The van der Waals surface area contributed by atoms with Crippen LogP contribution in [0, 0.1) is 13.8 Å². The predicted octanol–water partition coefficient (Wildman–Crippen LogP) is 3.07. The van der Waals surface area contributed by atoms with Crippen molar-refractivity contribution >= 4 is 27.5 Å². The van der Waals surface area contributed by atoms with Crippen LogP contribution in [0.15, 0.2) is 22.9 Å². The Hall–Kier alpha value is -1.82. The number of aryl methyl sites for hydroxylation is 3. The summed E-state index contributed by atoms with van der Waals surface area (Å²) in [4.78, 5) is 16.5. The molecule has 0 saturated heterocycles. The van der Waals surface area contributed by atoms with Crippen molar-refractivity contribution in [1.82, 2.24) is 15.2 Å². The number of nitrogens with one attached hydrogen (secondary N) is 1. The third-order valence-corrected chi connectivity index (χ3v) is 3.67. The SMILES string of the molecule is CCc1nnc(C)cc1C(=O)Nc1cnc(Br)c(C)c1. The van der Waals surface area contributed by atoms with E-state index in [0.29, 0.717) is 23.4 Å². The Balaban J connectivity index is 2.27. The Kier molecular flexibility index (Phi) is 4.44. The minimum Gasteiger partial charge on any atom is -0.321 e. The molecule has 2 aromatic heterocycles. The van der Waals surface area contributed by atoms with Crippen molar-refractivity contribution in [2.24, 2.45) is 0 Å². The second kappa shape index (κ2) is 6.09. The molecule has 2 rings (SSSR count). The molecule has 6 heteroatoms. The van der Waals surface area contributed by atoms with Crippen molar-refractivity contribution in [3.8, 4) is 0 Å². The first-order chi connectivity index (χ1) is 9.51. The van der Waals surface area contributed by atoms with E-state index in [9.17, 15) is 4.79 Å². The van der Waals surface area contributed by atoms with Crippen LogP contribution in [-0.2, 0) is 6.42 Å². The number of pyridine rings is 1. The summed E-state index contributed by atoms with van der Waals surface area (Å²) in [6.07, 6.45) is 2.27. The summed E-state index contributed by atoms with van der Waals surface area (Å²) in [6.45, 7) is 5.68. The highest BCUT2D eigenvalue weighted by Gasteiger charge is 2.13. The standard InChI is InChI=1S/C14H15BrN4O/c1-4-12-11(6-9(3)18-19-12)14(20)17-10-5-8(2)13(15)16-7-10/h5-7H,4H2,1-3H3,(H,17,20). The Labute approximate surface area is 126 Å². The van der Waals surface area contributed by atoms with Gasteiger partial charge in [0.25, 0.3) is 5.91 Å². The molecule has 0 saturated carbocycles. The number of nitrogens with zero attached hydrogens (tertiary/aromatic N) is 3. The largest absolute Gasteiger partial charge is 0.321 e. The van der Waals surface area contributed by atoms with Gasteiger partial charge in [0.15, 0.2) is 0 Å². The number of halogens is 1. The molecule has 0 aromatic carbocycles. The molecule has 0 atom stereocenters. The first-order valence-corrected chi connectivity index (χ1v) is 7.07. The Morgan fingerprint density at radius 2 is 2.05 bits per heavy atom. The summed E-state index contributed by atoms with van der Waals surface area (Å²) < 4.78 is 0.770. The first kappa shape index (κ1) is 14.6. The molecule has 1 amide bonds. The van der Waals surface area contributed by atoms with Crippen LogP contribution in [0.4, 0.5) is 5.69 Å². The van der Waals surface area contributed by atoms with Gasteiger partial charge in [-0.1, -0.05) is 6.92 Å². The molecule has 0 aliphatic rings. The first-order valence-electron chi connectivity index (χ1n) is 6.28. The van der Waals surface area contributed by atoms with Crippen molar-refractivity contribution < 1.29 is 4.79 Å². The average molecular weight is 335 g/mol. The maximum atomic E-state index is 12.3. The van der Waals surface area contributed by atoms with Crippen molar-refractivity contribution in [2.45, 2.75) is 27.2 Å². The summed E-state index contributed by atoms with van der Waals surface area (Å²) in [5.41, 5.74) is 3.59. The van der Waals surface area contributed by atoms with Gasteiger partial charge >= 0.3 is 0 Å². The predicted molar refractivity (Wildman–Crippen MR) is 80.8 cm³/mol. The molecule has 2 heterocycles. The molecular formula is C14H15BrN4O. The van der Waals surface area contributed by atoms with Gasteiger partial charge in [-0.2, -0.15) is 10.2 Å². The quantitative estimate of drug-likeness (QED) is 0.876. The number of carbonyl (C=O) groups is 1. The summed E-state index contributed by atoms with van der Waals surface area (Å²) in [7, 11) is 0. The highest BCUT2D eigenvalue weighted by atomic mass is 79.9. The van der Waals surface area contributed by atoms with Gasteiger partial charge in [-0.15, -0.1) is 0 Å². The van der Waals surface area contributed by atoms with Crippen molar-refractivity contribution in [1.29, 1.82) is 0 Å². The van der Waals surface area contributed by atoms with Crippen LogP contribution in [0.2, 0.25) is 0 Å². The van der Waals surface area contributed by atoms with Gasteiger partial charge in [0.05, 0.1) is 28.8 Å². The van der Waals surface area contributed by atoms with E-state index in [0.717, 1.165) is 15.9 Å². The highest BCUT2D eigenvalue weighted by Crippen LogP contribution is 2.18. The smallest absolute Gasteiger partial charge is 0.257 e. The Morgan fingerprint density at radius 1 is 1.30 bits per heavy atom. The van der Waals surface area contributed by atoms with E-state index in [4.69, 9.17) is 0 Å². The van der Waals surface area contributed by atoms with Gasteiger partial charge in [-0.05, 0) is 53.9 Å². The van der Waals surface area contributed by atoms with Gasteiger partial charge < -0.3 is 5.32 Å². The lowest BCUT2D eigenvalue weighted by atomic mass is 10.1. The number of rotatable bonds is 3. The molecule has 2 aromatic rings. The summed E-state index contributed by atoms with van der Waals surface area (Å²) >= 11 is 3.33. The van der Waals surface area contributed by atoms with Crippen molar-refractivity contribution in [3.63, 3.8) is 0 Å². The van der Waals surface area contributed by atoms with Gasteiger partial charge in [-0.25, -0.2) is 4.98 Å². The minimum absolute atomic E-state index is 0.191. The number of hydrogen-bond acceptors (Lipinski definition) is 4. The third kappa shape index (κ3) is 3.19. The number of anilines is 1. The second-order valence-electron chi connectivity index (χ2n) is 4.49. The molecule has 0 aliphatic carbocycles. The number of aromatic nitrogens is 3. The van der Waals surface area contributed by atoms with Crippen LogP contribution in [0.25, 0.3) is 0 Å². The van der Waals surface area contributed by atoms with Gasteiger partial charge in [0, 0.05) is 0 Å². The molecule has 20 heavy (non-hydrogen) atoms. The van der Waals surface area contributed by atoms with E-state index in [1.54, 1.807) is 12.3 Å². The monoisotopic (exact) mass is 334 g/mol. The van der Waals surface area contributed by atoms with E-state index < -0.39 is 0 Å². The van der Waals surface area contributed by atoms with E-state index in [-0.39, 0.29) is 5.91 Å². The normalized spacial score (nSPS) is 10.4. The fourth-order valence-electron chi connectivity index (χ4n) is 1.80. The van der Waals surface area contributed by atoms with Crippen LogP contribution in [0.3, 0.4) is 0 Å². The lowest BCUT2D eigenvalue weighted by Gasteiger charge is -2.09. The molecule has 0 radical (unpaired) electrons. The van der Waals surface area contributed by atoms with Gasteiger partial charge in [-0.3, -0.25) is 4.79 Å². The lowest BCUT2D eigenvalue weighted by molar-refractivity contribution is 0.102. The van der Waals surface area contributed by atoms with E-state index in [2.05, 4.69) is 36.4 Å². The zero-order valence-electron chi connectivity index (χ0n) is 11.6. The molecular weight excluding hydrogens is 320 g/mol. The summed E-state index contributed by atoms with van der Waals surface area (Å²) in [5, 5.41) is 10.9. The number of hydrogen-bond donors (Lipinski definition) is 1. The molecule has 104 valence electrons. The van der Waals surface area contributed by atoms with Crippen LogP contribution >= 0.6 is 15.9 Å². The number of amides is 1. The zero-order valence-corrected chi connectivity index (χ0v) is 13.2. The number of carbonyl (C=O) groups excluding carboxylic acids is 1. The maximum Gasteiger partial charge on any atom is 0.257 e. The molecule has 5 nitrogen and oxygen atoms in total. The van der Waals surface area contributed by atoms with Crippen LogP contribution in [0.1, 0.15) is 34.2 Å². The van der Waals surface area contributed by atoms with E-state index in [1.165, 1.54) is 0 Å². The summed E-state index contributed by atoms with van der Waals surface area (Å²) in [6, 6.07) is 3.61. The highest BCUT2D eigenvalue weighted by molar-refractivity contribution is 9.10. The fraction of sp³-hybridized carbons (Fsp3) is 0.286. The average Bonchev–Trinajstić information content (AvgIpc) is 2.43. The van der Waals surface area contributed by atoms with Crippen LogP contribution in [-0.4, -0.2) is 21.1 Å². The van der Waals surface area contributed by atoms with Gasteiger partial charge in [0.1, 0.15) is 4.60 Å². The summed E-state index contributed by atoms with van der Waals surface area (Å²) in [5.74, 6) is -0.191. The van der Waals surface area contributed by atoms with Crippen LogP contribution in [0.5, 0.6) is 0 Å². The molecule has 1 N–H and O–H groups in total. The van der Waals surface area contributed by atoms with Crippen LogP contribution < -0.4 is 5.32 Å². The fourth-order valence-corrected chi connectivity index (χ4v) is 2.01. The maximum absolute atomic E-state index is 12.3. The van der Waals surface area contributed by atoms with Crippen molar-refractivity contribution in [2.75, 3.05) is 5.32 Å². The van der Waals surface area contributed by atoms with E-state index >= 15 is 0 Å². The lowest BCUT2D eigenvalue weighted by Crippen LogP contribution is -2.16.